The van der Waals surface area contributed by atoms with Crippen LogP contribution in [-0.4, -0.2) is 25.8 Å². The third-order valence-corrected chi connectivity index (χ3v) is 3.90. The maximum absolute atomic E-state index is 10.9. The summed E-state index contributed by atoms with van der Waals surface area (Å²) in [5.41, 5.74) is 1.82. The standard InChI is InChI=1S/C12H15N3O2S/c1-7(2)11-14-9(6-18-11)5-15-8(3)10(4-13-15)12(16)17/h4,6-7H,5H2,1-3H3,(H,16,17). The molecule has 2 heterocycles. The average Bonchev–Trinajstić information content (AvgIpc) is 2.87. The highest BCUT2D eigenvalue weighted by Gasteiger charge is 2.14. The van der Waals surface area contributed by atoms with E-state index in [0.717, 1.165) is 10.7 Å². The molecular weight excluding hydrogens is 250 g/mol. The average molecular weight is 265 g/mol. The minimum Gasteiger partial charge on any atom is -0.478 e. The number of hydrogen-bond donors (Lipinski definition) is 1. The van der Waals surface area contributed by atoms with Crippen molar-refractivity contribution < 1.29 is 9.90 Å². The van der Waals surface area contributed by atoms with Gasteiger partial charge in [-0.2, -0.15) is 5.10 Å². The van der Waals surface area contributed by atoms with Crippen molar-refractivity contribution in [2.24, 2.45) is 0 Å². The Hall–Kier alpha value is -1.69. The third kappa shape index (κ3) is 2.43. The molecule has 0 bridgehead atoms. The molecule has 0 atom stereocenters. The number of hydrogen-bond acceptors (Lipinski definition) is 4. The van der Waals surface area contributed by atoms with Gasteiger partial charge in [0.2, 0.25) is 0 Å². The van der Waals surface area contributed by atoms with Crippen LogP contribution in [0.4, 0.5) is 0 Å². The second-order valence-electron chi connectivity index (χ2n) is 4.44. The number of thiazole rings is 1. The quantitative estimate of drug-likeness (QED) is 0.922. The highest BCUT2D eigenvalue weighted by molar-refractivity contribution is 7.09. The second-order valence-corrected chi connectivity index (χ2v) is 5.33. The fourth-order valence-electron chi connectivity index (χ4n) is 1.63. The largest absolute Gasteiger partial charge is 0.478 e. The number of carbonyl (C=O) groups is 1. The van der Waals surface area contributed by atoms with E-state index in [2.05, 4.69) is 23.9 Å². The number of nitrogens with zero attached hydrogens (tertiary/aromatic N) is 3. The van der Waals surface area contributed by atoms with Crippen molar-refractivity contribution in [3.63, 3.8) is 0 Å². The highest BCUT2D eigenvalue weighted by atomic mass is 32.1. The molecule has 0 amide bonds. The van der Waals surface area contributed by atoms with Crippen LogP contribution >= 0.6 is 11.3 Å². The number of carboxylic acid groups (broad SMARTS) is 1. The van der Waals surface area contributed by atoms with Crippen molar-refractivity contribution in [2.75, 3.05) is 0 Å². The summed E-state index contributed by atoms with van der Waals surface area (Å²) in [5.74, 6) is -0.531. The summed E-state index contributed by atoms with van der Waals surface area (Å²) in [6.07, 6.45) is 1.38. The molecular formula is C12H15N3O2S. The molecule has 0 unspecified atom stereocenters. The predicted octanol–water partition coefficient (Wildman–Crippen LogP) is 2.52. The zero-order chi connectivity index (χ0) is 13.3. The van der Waals surface area contributed by atoms with Gasteiger partial charge in [0.1, 0.15) is 5.56 Å². The van der Waals surface area contributed by atoms with Crippen LogP contribution in [0.3, 0.4) is 0 Å². The SMILES string of the molecule is Cc1c(C(=O)O)cnn1Cc1csc(C(C)C)n1. The van der Waals surface area contributed by atoms with Gasteiger partial charge in [0.05, 0.1) is 29.1 Å². The fourth-order valence-corrected chi connectivity index (χ4v) is 2.46. The summed E-state index contributed by atoms with van der Waals surface area (Å²) in [5, 5.41) is 16.1. The first kappa shape index (κ1) is 12.8. The van der Waals surface area contributed by atoms with Crippen LogP contribution in [0.25, 0.3) is 0 Å². The molecule has 0 aromatic carbocycles. The smallest absolute Gasteiger partial charge is 0.339 e. The minimum atomic E-state index is -0.945. The van der Waals surface area contributed by atoms with E-state index in [1.54, 1.807) is 22.9 Å². The van der Waals surface area contributed by atoms with Crippen LogP contribution in [0.2, 0.25) is 0 Å². The van der Waals surface area contributed by atoms with Gasteiger partial charge in [-0.15, -0.1) is 11.3 Å². The molecule has 6 heteroatoms. The molecule has 2 aromatic rings. The molecule has 1 N–H and O–H groups in total. The highest BCUT2D eigenvalue weighted by Crippen LogP contribution is 2.20. The molecule has 96 valence electrons. The van der Waals surface area contributed by atoms with Crippen LogP contribution in [0.1, 0.15) is 46.5 Å². The lowest BCUT2D eigenvalue weighted by Crippen LogP contribution is -2.06. The molecule has 0 saturated heterocycles. The summed E-state index contributed by atoms with van der Waals surface area (Å²) in [4.78, 5) is 15.4. The van der Waals surface area contributed by atoms with E-state index in [4.69, 9.17) is 5.11 Å². The van der Waals surface area contributed by atoms with Crippen LogP contribution in [0.5, 0.6) is 0 Å². The van der Waals surface area contributed by atoms with E-state index < -0.39 is 5.97 Å². The zero-order valence-electron chi connectivity index (χ0n) is 10.5. The second kappa shape index (κ2) is 4.89. The Bertz CT molecular complexity index is 572. The Kier molecular flexibility index (Phi) is 3.47. The van der Waals surface area contributed by atoms with Gasteiger partial charge in [0, 0.05) is 11.3 Å². The van der Waals surface area contributed by atoms with Gasteiger partial charge in [-0.3, -0.25) is 4.68 Å². The van der Waals surface area contributed by atoms with E-state index >= 15 is 0 Å². The lowest BCUT2D eigenvalue weighted by molar-refractivity contribution is 0.0696. The van der Waals surface area contributed by atoms with Gasteiger partial charge in [-0.25, -0.2) is 9.78 Å². The Morgan fingerprint density at radius 3 is 2.78 bits per heavy atom. The molecule has 0 radical (unpaired) electrons. The van der Waals surface area contributed by atoms with Gasteiger partial charge in [0.15, 0.2) is 0 Å². The van der Waals surface area contributed by atoms with Crippen molar-refractivity contribution in [1.82, 2.24) is 14.8 Å². The summed E-state index contributed by atoms with van der Waals surface area (Å²) >= 11 is 1.63. The Morgan fingerprint density at radius 1 is 1.56 bits per heavy atom. The summed E-state index contributed by atoms with van der Waals surface area (Å²) in [6, 6.07) is 0. The molecule has 0 aliphatic carbocycles. The van der Waals surface area contributed by atoms with Crippen molar-refractivity contribution in [3.05, 3.63) is 33.5 Å². The van der Waals surface area contributed by atoms with Crippen LogP contribution in [0.15, 0.2) is 11.6 Å². The third-order valence-electron chi connectivity index (χ3n) is 2.71. The van der Waals surface area contributed by atoms with Gasteiger partial charge in [-0.05, 0) is 6.92 Å². The van der Waals surface area contributed by atoms with E-state index in [9.17, 15) is 4.79 Å². The topological polar surface area (TPSA) is 68.0 Å². The first-order chi connectivity index (χ1) is 8.49. The number of aromatic nitrogens is 3. The van der Waals surface area contributed by atoms with Crippen LogP contribution in [0, 0.1) is 6.92 Å². The van der Waals surface area contributed by atoms with Gasteiger partial charge in [-0.1, -0.05) is 13.8 Å². The number of rotatable bonds is 4. The molecule has 2 rings (SSSR count). The Balaban J connectivity index is 2.20. The van der Waals surface area contributed by atoms with Crippen LogP contribution in [-0.2, 0) is 6.54 Å². The van der Waals surface area contributed by atoms with Crippen molar-refractivity contribution in [3.8, 4) is 0 Å². The van der Waals surface area contributed by atoms with Crippen LogP contribution < -0.4 is 0 Å². The molecule has 0 aliphatic heterocycles. The van der Waals surface area contributed by atoms with Crippen molar-refractivity contribution in [1.29, 1.82) is 0 Å². The van der Waals surface area contributed by atoms with Gasteiger partial charge in [0.25, 0.3) is 0 Å². The summed E-state index contributed by atoms with van der Waals surface area (Å²) < 4.78 is 1.67. The lowest BCUT2D eigenvalue weighted by atomic mass is 10.2. The monoisotopic (exact) mass is 265 g/mol. The minimum absolute atomic E-state index is 0.245. The van der Waals surface area contributed by atoms with E-state index in [1.165, 1.54) is 6.20 Å². The first-order valence-electron chi connectivity index (χ1n) is 5.69. The van der Waals surface area contributed by atoms with E-state index in [-0.39, 0.29) is 5.56 Å². The number of carboxylic acids is 1. The molecule has 18 heavy (non-hydrogen) atoms. The fraction of sp³-hybridized carbons (Fsp3) is 0.417. The Labute approximate surface area is 109 Å². The predicted molar refractivity (Wildman–Crippen MR) is 69.2 cm³/mol. The van der Waals surface area contributed by atoms with Gasteiger partial charge < -0.3 is 5.11 Å². The maximum atomic E-state index is 10.9. The van der Waals surface area contributed by atoms with E-state index in [1.807, 2.05) is 5.38 Å². The molecule has 0 spiro atoms. The maximum Gasteiger partial charge on any atom is 0.339 e. The molecule has 5 nitrogen and oxygen atoms in total. The molecule has 0 aliphatic rings. The van der Waals surface area contributed by atoms with Crippen molar-refractivity contribution >= 4 is 17.3 Å². The normalized spacial score (nSPS) is 11.1. The summed E-state index contributed by atoms with van der Waals surface area (Å²) in [6.45, 7) is 6.48. The first-order valence-corrected chi connectivity index (χ1v) is 6.57. The molecule has 0 fully saturated rings. The zero-order valence-corrected chi connectivity index (χ0v) is 11.4. The van der Waals surface area contributed by atoms with E-state index in [0.29, 0.717) is 18.2 Å². The molecule has 2 aromatic heterocycles. The summed E-state index contributed by atoms with van der Waals surface area (Å²) in [7, 11) is 0. The Morgan fingerprint density at radius 2 is 2.28 bits per heavy atom. The van der Waals surface area contributed by atoms with Crippen molar-refractivity contribution in [2.45, 2.75) is 33.2 Å². The molecule has 0 saturated carbocycles. The number of aromatic carboxylic acids is 1. The van der Waals surface area contributed by atoms with Gasteiger partial charge >= 0.3 is 5.97 Å². The lowest BCUT2D eigenvalue weighted by Gasteiger charge is -2.02.